The number of hydrogen-bond acceptors (Lipinski definition) is 7. The lowest BCUT2D eigenvalue weighted by Crippen LogP contribution is -2.40. The van der Waals surface area contributed by atoms with Crippen LogP contribution in [0.5, 0.6) is 11.5 Å². The topological polar surface area (TPSA) is 79.1 Å². The van der Waals surface area contributed by atoms with Crippen LogP contribution in [0.15, 0.2) is 93.9 Å². The molecule has 1 aliphatic rings. The predicted octanol–water partition coefficient (Wildman–Crippen LogP) is 5.43. The number of fused-ring (bicyclic) bond motifs is 1. The van der Waals surface area contributed by atoms with Gasteiger partial charge in [0, 0.05) is 5.02 Å². The molecule has 5 rings (SSSR count). The second kappa shape index (κ2) is 12.6. The fourth-order valence-corrected chi connectivity index (χ4v) is 5.96. The maximum Gasteiger partial charge on any atom is 0.338 e. The van der Waals surface area contributed by atoms with E-state index in [1.165, 1.54) is 15.9 Å². The molecule has 0 amide bonds. The maximum atomic E-state index is 13.9. The molecule has 0 saturated carbocycles. The van der Waals surface area contributed by atoms with E-state index in [4.69, 9.17) is 25.8 Å². The van der Waals surface area contributed by atoms with Gasteiger partial charge >= 0.3 is 5.97 Å². The maximum absolute atomic E-state index is 13.9. The minimum absolute atomic E-state index is 0.197. The summed E-state index contributed by atoms with van der Waals surface area (Å²) in [7, 11) is 0. The molecule has 1 atom stereocenters. The summed E-state index contributed by atoms with van der Waals surface area (Å²) >= 11 is 7.83. The molecule has 4 aromatic rings. The molecule has 210 valence electrons. The van der Waals surface area contributed by atoms with Crippen LogP contribution in [-0.4, -0.2) is 23.8 Å². The van der Waals surface area contributed by atoms with E-state index >= 15 is 0 Å². The average molecular weight is 589 g/mol. The van der Waals surface area contributed by atoms with Gasteiger partial charge in [0.15, 0.2) is 16.3 Å². The smallest absolute Gasteiger partial charge is 0.338 e. The highest BCUT2D eigenvalue weighted by atomic mass is 35.5. The Balaban J connectivity index is 1.57. The van der Waals surface area contributed by atoms with Crippen molar-refractivity contribution in [1.82, 2.24) is 4.57 Å². The fraction of sp³-hybridized carbons (Fsp3) is 0.219. The van der Waals surface area contributed by atoms with Gasteiger partial charge in [-0.05, 0) is 61.7 Å². The monoisotopic (exact) mass is 588 g/mol. The Bertz CT molecular complexity index is 1790. The highest BCUT2D eigenvalue weighted by Gasteiger charge is 2.34. The lowest BCUT2D eigenvalue weighted by atomic mass is 9.96. The standard InChI is InChI=1S/C32H29ClN2O5S/c1-4-38-26-17-22(15-16-25(26)40-19-21-11-7-6-8-12-21)18-27-30(36)35-29(23-13-9-10-14-24(23)33)28(31(37)39-5-2)20(3)34-32(35)41-27/h6-18,29H,4-5,19H2,1-3H3/b27-18+/t29-/m0/s1. The van der Waals surface area contributed by atoms with Crippen molar-refractivity contribution in [3.8, 4) is 11.5 Å². The average Bonchev–Trinajstić information content (AvgIpc) is 3.27. The number of thiazole rings is 1. The summed E-state index contributed by atoms with van der Waals surface area (Å²) in [5.74, 6) is 0.669. The number of rotatable bonds is 9. The first-order valence-electron chi connectivity index (χ1n) is 13.3. The van der Waals surface area contributed by atoms with Gasteiger partial charge in [0.2, 0.25) is 0 Å². The van der Waals surface area contributed by atoms with Crippen molar-refractivity contribution in [1.29, 1.82) is 0 Å². The second-order valence-corrected chi connectivity index (χ2v) is 10.7. The minimum atomic E-state index is -0.770. The summed E-state index contributed by atoms with van der Waals surface area (Å²) in [5, 5.41) is 0.441. The molecule has 3 aromatic carbocycles. The van der Waals surface area contributed by atoms with Crippen LogP contribution < -0.4 is 24.4 Å². The number of nitrogens with zero attached hydrogens (tertiary/aromatic N) is 2. The first kappa shape index (κ1) is 28.4. The van der Waals surface area contributed by atoms with Crippen LogP contribution in [0, 0.1) is 0 Å². The molecule has 9 heteroatoms. The Morgan fingerprint density at radius 1 is 1.00 bits per heavy atom. The largest absolute Gasteiger partial charge is 0.490 e. The molecule has 0 fully saturated rings. The molecule has 1 aliphatic heterocycles. The van der Waals surface area contributed by atoms with Gasteiger partial charge < -0.3 is 14.2 Å². The lowest BCUT2D eigenvalue weighted by molar-refractivity contribution is -0.139. The summed E-state index contributed by atoms with van der Waals surface area (Å²) in [6.45, 7) is 6.45. The molecule has 2 heterocycles. The van der Waals surface area contributed by atoms with Gasteiger partial charge in [0.1, 0.15) is 12.6 Å². The van der Waals surface area contributed by atoms with E-state index in [0.717, 1.165) is 11.1 Å². The van der Waals surface area contributed by atoms with Crippen LogP contribution in [0.4, 0.5) is 0 Å². The first-order valence-corrected chi connectivity index (χ1v) is 14.5. The van der Waals surface area contributed by atoms with E-state index in [2.05, 4.69) is 4.99 Å². The van der Waals surface area contributed by atoms with E-state index in [0.29, 0.717) is 50.3 Å². The Hall–Kier alpha value is -4.14. The number of allylic oxidation sites excluding steroid dienone is 1. The van der Waals surface area contributed by atoms with Crippen molar-refractivity contribution in [3.63, 3.8) is 0 Å². The molecule has 0 unspecified atom stereocenters. The molecule has 7 nitrogen and oxygen atoms in total. The highest BCUT2D eigenvalue weighted by molar-refractivity contribution is 7.07. The summed E-state index contributed by atoms with van der Waals surface area (Å²) in [6, 6.07) is 21.9. The zero-order valence-corrected chi connectivity index (χ0v) is 24.5. The second-order valence-electron chi connectivity index (χ2n) is 9.24. The molecule has 41 heavy (non-hydrogen) atoms. The van der Waals surface area contributed by atoms with E-state index < -0.39 is 12.0 Å². The zero-order chi connectivity index (χ0) is 28.9. The Morgan fingerprint density at radius 2 is 1.76 bits per heavy atom. The van der Waals surface area contributed by atoms with E-state index in [1.54, 1.807) is 32.1 Å². The fourth-order valence-electron chi connectivity index (χ4n) is 4.67. The van der Waals surface area contributed by atoms with Crippen molar-refractivity contribution in [2.75, 3.05) is 13.2 Å². The van der Waals surface area contributed by atoms with Crippen molar-refractivity contribution in [3.05, 3.63) is 125 Å². The summed E-state index contributed by atoms with van der Waals surface area (Å²) < 4.78 is 19.2. The van der Waals surface area contributed by atoms with Crippen LogP contribution >= 0.6 is 22.9 Å². The SMILES string of the molecule is CCOC(=O)C1=C(C)N=c2s/c(=C/c3ccc(OCc4ccccc4)c(OCC)c3)c(=O)n2[C@H]1c1ccccc1Cl. The number of halogens is 1. The highest BCUT2D eigenvalue weighted by Crippen LogP contribution is 2.34. The minimum Gasteiger partial charge on any atom is -0.490 e. The van der Waals surface area contributed by atoms with E-state index in [1.807, 2.05) is 67.6 Å². The third kappa shape index (κ3) is 5.99. The molecular formula is C32H29ClN2O5S. The number of esters is 1. The van der Waals surface area contributed by atoms with Gasteiger partial charge in [-0.25, -0.2) is 9.79 Å². The number of benzene rings is 3. The molecule has 0 bridgehead atoms. The van der Waals surface area contributed by atoms with Gasteiger partial charge in [0.25, 0.3) is 5.56 Å². The quantitative estimate of drug-likeness (QED) is 0.244. The summed E-state index contributed by atoms with van der Waals surface area (Å²) in [6.07, 6.45) is 1.79. The molecule has 1 aromatic heterocycles. The number of carbonyl (C=O) groups is 1. The van der Waals surface area contributed by atoms with Crippen LogP contribution in [-0.2, 0) is 16.1 Å². The number of ether oxygens (including phenoxy) is 3. The van der Waals surface area contributed by atoms with Crippen molar-refractivity contribution in [2.45, 2.75) is 33.4 Å². The van der Waals surface area contributed by atoms with Crippen LogP contribution in [0.3, 0.4) is 0 Å². The first-order chi connectivity index (χ1) is 19.9. The zero-order valence-electron chi connectivity index (χ0n) is 22.9. The third-order valence-corrected chi connectivity index (χ3v) is 7.85. The van der Waals surface area contributed by atoms with Crippen LogP contribution in [0.25, 0.3) is 6.08 Å². The third-order valence-electron chi connectivity index (χ3n) is 6.52. The lowest BCUT2D eigenvalue weighted by Gasteiger charge is -2.25. The molecule has 0 radical (unpaired) electrons. The molecule has 0 N–H and O–H groups in total. The molecule has 0 aliphatic carbocycles. The van der Waals surface area contributed by atoms with E-state index in [-0.39, 0.29) is 17.7 Å². The van der Waals surface area contributed by atoms with Crippen molar-refractivity contribution < 1.29 is 19.0 Å². The van der Waals surface area contributed by atoms with Crippen molar-refractivity contribution >= 4 is 35.0 Å². The molecule has 0 spiro atoms. The Labute approximate surface area is 246 Å². The predicted molar refractivity (Wildman–Crippen MR) is 160 cm³/mol. The Kier molecular flexibility index (Phi) is 8.71. The van der Waals surface area contributed by atoms with Gasteiger partial charge in [-0.2, -0.15) is 0 Å². The molecule has 0 saturated heterocycles. The number of hydrogen-bond donors (Lipinski definition) is 0. The number of aromatic nitrogens is 1. The van der Waals surface area contributed by atoms with Gasteiger partial charge in [0.05, 0.1) is 29.0 Å². The molecular weight excluding hydrogens is 560 g/mol. The summed E-state index contributed by atoms with van der Waals surface area (Å²) in [5.41, 5.74) is 2.93. The van der Waals surface area contributed by atoms with Crippen LogP contribution in [0.2, 0.25) is 5.02 Å². The van der Waals surface area contributed by atoms with Gasteiger partial charge in [-0.15, -0.1) is 0 Å². The van der Waals surface area contributed by atoms with Gasteiger partial charge in [-0.3, -0.25) is 9.36 Å². The van der Waals surface area contributed by atoms with Crippen molar-refractivity contribution in [2.24, 2.45) is 4.99 Å². The van der Waals surface area contributed by atoms with E-state index in [9.17, 15) is 9.59 Å². The Morgan fingerprint density at radius 3 is 2.49 bits per heavy atom. The summed E-state index contributed by atoms with van der Waals surface area (Å²) in [4.78, 5) is 32.1. The number of carbonyl (C=O) groups excluding carboxylic acids is 1. The normalized spacial score (nSPS) is 14.8. The van der Waals surface area contributed by atoms with Gasteiger partial charge in [-0.1, -0.05) is 77.5 Å². The van der Waals surface area contributed by atoms with Crippen LogP contribution in [0.1, 0.15) is 43.5 Å².